The number of benzene rings is 2. The predicted molar refractivity (Wildman–Crippen MR) is 129 cm³/mol. The van der Waals surface area contributed by atoms with Crippen molar-refractivity contribution >= 4 is 41.4 Å². The highest BCUT2D eigenvalue weighted by Crippen LogP contribution is 2.23. The van der Waals surface area contributed by atoms with E-state index in [1.165, 1.54) is 17.7 Å². The summed E-state index contributed by atoms with van der Waals surface area (Å²) < 4.78 is 13.1. The van der Waals surface area contributed by atoms with E-state index in [2.05, 4.69) is 17.0 Å². The zero-order valence-corrected chi connectivity index (χ0v) is 19.5. The Morgan fingerprint density at radius 2 is 1.74 bits per heavy atom. The third kappa shape index (κ3) is 6.77. The van der Waals surface area contributed by atoms with E-state index in [9.17, 15) is 9.18 Å². The zero-order valence-electron chi connectivity index (χ0n) is 17.1. The van der Waals surface area contributed by atoms with Crippen molar-refractivity contribution in [3.8, 4) is 11.3 Å². The number of hydrogen-bond acceptors (Lipinski definition) is 5. The first kappa shape index (κ1) is 23.7. The van der Waals surface area contributed by atoms with Gasteiger partial charge in [0.1, 0.15) is 10.8 Å². The Balaban J connectivity index is 0.00000272. The smallest absolute Gasteiger partial charge is 0.232 e. The molecule has 1 aliphatic heterocycles. The molecule has 0 aliphatic carbocycles. The minimum Gasteiger partial charge on any atom is -0.339 e. The Kier molecular flexibility index (Phi) is 8.90. The quantitative estimate of drug-likeness (QED) is 0.482. The number of carbonyl (C=O) groups excluding carboxylic acids is 1. The molecule has 164 valence electrons. The van der Waals surface area contributed by atoms with Crippen LogP contribution >= 0.6 is 35.5 Å². The standard InChI is InChI=1S/C23H24FN3OS2.ClH/c24-20-8-6-19(7-9-20)21-16-30-22(25-21)14-26-10-12-27(13-11-26)23(28)17-29-15-18-4-2-1-3-5-18;/h1-9,16H,10-15,17H2;1H. The Morgan fingerprint density at radius 3 is 2.45 bits per heavy atom. The van der Waals surface area contributed by atoms with Crippen molar-refractivity contribution in [2.45, 2.75) is 12.3 Å². The molecule has 1 fully saturated rings. The predicted octanol–water partition coefficient (Wildman–Crippen LogP) is 4.95. The summed E-state index contributed by atoms with van der Waals surface area (Å²) in [5.74, 6) is 1.39. The number of piperazine rings is 1. The Bertz CT molecular complexity index is 960. The number of nitrogens with zero attached hydrogens (tertiary/aromatic N) is 3. The Hall–Kier alpha value is -1.93. The van der Waals surface area contributed by atoms with Gasteiger partial charge in [0.25, 0.3) is 0 Å². The highest BCUT2D eigenvalue weighted by Gasteiger charge is 2.21. The fourth-order valence-corrected chi connectivity index (χ4v) is 5.14. The van der Waals surface area contributed by atoms with Crippen molar-refractivity contribution in [3.05, 3.63) is 76.4 Å². The molecule has 4 nitrogen and oxygen atoms in total. The van der Waals surface area contributed by atoms with Crippen LogP contribution in [0.15, 0.2) is 60.0 Å². The average Bonchev–Trinajstić information content (AvgIpc) is 3.24. The van der Waals surface area contributed by atoms with Gasteiger partial charge in [-0.2, -0.15) is 0 Å². The van der Waals surface area contributed by atoms with Gasteiger partial charge >= 0.3 is 0 Å². The molecule has 1 aromatic heterocycles. The van der Waals surface area contributed by atoms with E-state index in [4.69, 9.17) is 4.98 Å². The van der Waals surface area contributed by atoms with Crippen LogP contribution in [0.25, 0.3) is 11.3 Å². The second kappa shape index (κ2) is 11.6. The van der Waals surface area contributed by atoms with Gasteiger partial charge in [-0.3, -0.25) is 9.69 Å². The largest absolute Gasteiger partial charge is 0.339 e. The minimum atomic E-state index is -0.236. The van der Waals surface area contributed by atoms with Gasteiger partial charge < -0.3 is 4.90 Å². The van der Waals surface area contributed by atoms with Gasteiger partial charge in [-0.15, -0.1) is 35.5 Å². The first-order valence-electron chi connectivity index (χ1n) is 9.99. The lowest BCUT2D eigenvalue weighted by Gasteiger charge is -2.34. The summed E-state index contributed by atoms with van der Waals surface area (Å²) in [4.78, 5) is 21.5. The van der Waals surface area contributed by atoms with E-state index in [1.54, 1.807) is 35.2 Å². The molecule has 4 rings (SSSR count). The van der Waals surface area contributed by atoms with Gasteiger partial charge in [0.15, 0.2) is 0 Å². The van der Waals surface area contributed by atoms with Crippen molar-refractivity contribution in [2.75, 3.05) is 31.9 Å². The fourth-order valence-electron chi connectivity index (χ4n) is 3.41. The molecule has 3 aromatic rings. The maximum Gasteiger partial charge on any atom is 0.232 e. The molecule has 1 aliphatic rings. The number of hydrogen-bond donors (Lipinski definition) is 0. The second-order valence-corrected chi connectivity index (χ2v) is 9.20. The number of carbonyl (C=O) groups is 1. The maximum absolute atomic E-state index is 13.1. The van der Waals surface area contributed by atoms with Gasteiger partial charge in [-0.05, 0) is 29.8 Å². The SMILES string of the molecule is Cl.O=C(CSCc1ccccc1)N1CCN(Cc2nc(-c3ccc(F)cc3)cs2)CC1. The maximum atomic E-state index is 13.1. The van der Waals surface area contributed by atoms with E-state index in [0.717, 1.165) is 54.7 Å². The number of thiazole rings is 1. The molecular weight excluding hydrogens is 453 g/mol. The summed E-state index contributed by atoms with van der Waals surface area (Å²) in [6.45, 7) is 4.04. The van der Waals surface area contributed by atoms with E-state index in [-0.39, 0.29) is 24.1 Å². The van der Waals surface area contributed by atoms with E-state index < -0.39 is 0 Å². The van der Waals surface area contributed by atoms with Crippen LogP contribution in [0.3, 0.4) is 0 Å². The van der Waals surface area contributed by atoms with Crippen LogP contribution in [0.1, 0.15) is 10.6 Å². The van der Waals surface area contributed by atoms with Gasteiger partial charge in [-0.25, -0.2) is 9.37 Å². The van der Waals surface area contributed by atoms with Crippen molar-refractivity contribution in [2.24, 2.45) is 0 Å². The third-order valence-electron chi connectivity index (χ3n) is 5.11. The van der Waals surface area contributed by atoms with Crippen molar-refractivity contribution < 1.29 is 9.18 Å². The van der Waals surface area contributed by atoms with Gasteiger partial charge in [-0.1, -0.05) is 30.3 Å². The van der Waals surface area contributed by atoms with Crippen LogP contribution in [0.4, 0.5) is 4.39 Å². The summed E-state index contributed by atoms with van der Waals surface area (Å²) in [6, 6.07) is 16.7. The molecular formula is C23H25ClFN3OS2. The van der Waals surface area contributed by atoms with E-state index in [1.807, 2.05) is 28.5 Å². The first-order chi connectivity index (χ1) is 14.7. The van der Waals surface area contributed by atoms with Gasteiger partial charge in [0.2, 0.25) is 5.91 Å². The Labute approximate surface area is 196 Å². The number of rotatable bonds is 7. The zero-order chi connectivity index (χ0) is 20.8. The lowest BCUT2D eigenvalue weighted by atomic mass is 10.2. The molecule has 0 unspecified atom stereocenters. The topological polar surface area (TPSA) is 36.4 Å². The first-order valence-corrected chi connectivity index (χ1v) is 12.0. The summed E-state index contributed by atoms with van der Waals surface area (Å²) in [5.41, 5.74) is 3.07. The number of halogens is 2. The van der Waals surface area contributed by atoms with Gasteiger partial charge in [0.05, 0.1) is 18.0 Å². The van der Waals surface area contributed by atoms with Crippen LogP contribution in [-0.2, 0) is 17.1 Å². The van der Waals surface area contributed by atoms with Crippen molar-refractivity contribution in [1.29, 1.82) is 0 Å². The monoisotopic (exact) mass is 477 g/mol. The molecule has 0 spiro atoms. The van der Waals surface area contributed by atoms with E-state index >= 15 is 0 Å². The highest BCUT2D eigenvalue weighted by atomic mass is 35.5. The molecule has 1 saturated heterocycles. The number of aromatic nitrogens is 1. The molecule has 31 heavy (non-hydrogen) atoms. The third-order valence-corrected chi connectivity index (χ3v) is 6.93. The van der Waals surface area contributed by atoms with Crippen molar-refractivity contribution in [3.63, 3.8) is 0 Å². The average molecular weight is 478 g/mol. The molecule has 8 heteroatoms. The number of thioether (sulfide) groups is 1. The van der Waals surface area contributed by atoms with E-state index in [0.29, 0.717) is 5.75 Å². The second-order valence-electron chi connectivity index (χ2n) is 7.27. The van der Waals surface area contributed by atoms with Crippen molar-refractivity contribution in [1.82, 2.24) is 14.8 Å². The van der Waals surface area contributed by atoms with Gasteiger partial charge in [0, 0.05) is 42.9 Å². The highest BCUT2D eigenvalue weighted by molar-refractivity contribution is 7.99. The molecule has 2 aromatic carbocycles. The lowest BCUT2D eigenvalue weighted by molar-refractivity contribution is -0.130. The normalized spacial score (nSPS) is 14.3. The molecule has 0 radical (unpaired) electrons. The summed E-state index contributed by atoms with van der Waals surface area (Å²) in [7, 11) is 0. The number of amides is 1. The molecule has 2 heterocycles. The minimum absolute atomic E-state index is 0. The molecule has 1 amide bonds. The molecule has 0 bridgehead atoms. The summed E-state index contributed by atoms with van der Waals surface area (Å²) in [6.07, 6.45) is 0. The van der Waals surface area contributed by atoms with Crippen LogP contribution < -0.4 is 0 Å². The molecule has 0 saturated carbocycles. The fraction of sp³-hybridized carbons (Fsp3) is 0.304. The van der Waals surface area contributed by atoms with Crippen LogP contribution in [0.2, 0.25) is 0 Å². The molecule has 0 N–H and O–H groups in total. The summed E-state index contributed by atoms with van der Waals surface area (Å²) in [5, 5.41) is 3.07. The molecule has 0 atom stereocenters. The van der Waals surface area contributed by atoms with Crippen LogP contribution in [0.5, 0.6) is 0 Å². The Morgan fingerprint density at radius 1 is 1.03 bits per heavy atom. The lowest BCUT2D eigenvalue weighted by Crippen LogP contribution is -2.48. The van der Waals surface area contributed by atoms with Crippen LogP contribution in [-0.4, -0.2) is 52.6 Å². The van der Waals surface area contributed by atoms with Crippen LogP contribution in [0, 0.1) is 5.82 Å². The summed E-state index contributed by atoms with van der Waals surface area (Å²) >= 11 is 3.30.